The van der Waals surface area contributed by atoms with E-state index < -0.39 is 0 Å². The molecule has 2 aromatic heterocycles. The fourth-order valence-electron chi connectivity index (χ4n) is 2.46. The highest BCUT2D eigenvalue weighted by molar-refractivity contribution is 7.16. The summed E-state index contributed by atoms with van der Waals surface area (Å²) in [4.78, 5) is 19.6. The monoisotopic (exact) mass is 293 g/mol. The lowest BCUT2D eigenvalue weighted by atomic mass is 10.1. The maximum Gasteiger partial charge on any atom is 0.275 e. The van der Waals surface area contributed by atoms with Gasteiger partial charge in [0, 0.05) is 31.7 Å². The number of rotatable bonds is 3. The number of hydrogen-bond acceptors (Lipinski definition) is 6. The van der Waals surface area contributed by atoms with Crippen LogP contribution in [0.3, 0.4) is 0 Å². The van der Waals surface area contributed by atoms with Crippen LogP contribution in [-0.4, -0.2) is 38.6 Å². The predicted octanol–water partition coefficient (Wildman–Crippen LogP) is 0.636. The Morgan fingerprint density at radius 3 is 2.90 bits per heavy atom. The highest BCUT2D eigenvalue weighted by atomic mass is 32.1. The quantitative estimate of drug-likeness (QED) is 0.898. The predicted molar refractivity (Wildman–Crippen MR) is 79.0 cm³/mol. The summed E-state index contributed by atoms with van der Waals surface area (Å²) in [6.07, 6.45) is 2.86. The van der Waals surface area contributed by atoms with Gasteiger partial charge in [0.1, 0.15) is 5.01 Å². The fraction of sp³-hybridized carbons (Fsp3) is 0.615. The lowest BCUT2D eigenvalue weighted by molar-refractivity contribution is 0.203. The minimum atomic E-state index is -0.0883. The molecule has 108 valence electrons. The first-order valence-corrected chi connectivity index (χ1v) is 7.84. The van der Waals surface area contributed by atoms with E-state index in [9.17, 15) is 4.79 Å². The lowest BCUT2D eigenvalue weighted by Gasteiger charge is -2.29. The number of aromatic nitrogens is 3. The molecule has 2 N–H and O–H groups in total. The van der Waals surface area contributed by atoms with Gasteiger partial charge in [-0.3, -0.25) is 9.69 Å². The Morgan fingerprint density at radius 1 is 1.45 bits per heavy atom. The first-order valence-electron chi connectivity index (χ1n) is 7.02. The SMILES string of the molecule is CCc1nn2c(=O)cc(CN3CCC(N)CC3)nc2s1. The number of piperidine rings is 1. The molecule has 1 saturated heterocycles. The van der Waals surface area contributed by atoms with Crippen LogP contribution in [0, 0.1) is 0 Å². The second kappa shape index (κ2) is 5.59. The van der Waals surface area contributed by atoms with Crippen molar-refractivity contribution in [3.05, 3.63) is 27.1 Å². The van der Waals surface area contributed by atoms with E-state index in [0.29, 0.717) is 11.0 Å². The molecule has 0 amide bonds. The number of nitrogens with two attached hydrogens (primary N) is 1. The number of aryl methyl sites for hydroxylation is 1. The number of fused-ring (bicyclic) bond motifs is 1. The Hall–Kier alpha value is -1.31. The van der Waals surface area contributed by atoms with Gasteiger partial charge in [-0.15, -0.1) is 0 Å². The van der Waals surface area contributed by atoms with Crippen molar-refractivity contribution in [2.24, 2.45) is 5.73 Å². The Labute approximate surface area is 121 Å². The third kappa shape index (κ3) is 2.74. The molecule has 7 heteroatoms. The van der Waals surface area contributed by atoms with E-state index in [1.165, 1.54) is 15.9 Å². The molecule has 0 unspecified atom stereocenters. The first-order chi connectivity index (χ1) is 9.65. The lowest BCUT2D eigenvalue weighted by Crippen LogP contribution is -2.39. The Kier molecular flexibility index (Phi) is 3.82. The van der Waals surface area contributed by atoms with Crippen molar-refractivity contribution >= 4 is 16.3 Å². The van der Waals surface area contributed by atoms with Crippen molar-refractivity contribution in [2.45, 2.75) is 38.8 Å². The van der Waals surface area contributed by atoms with E-state index in [2.05, 4.69) is 15.0 Å². The van der Waals surface area contributed by atoms with E-state index in [0.717, 1.165) is 49.6 Å². The van der Waals surface area contributed by atoms with Gasteiger partial charge in [0.15, 0.2) is 0 Å². The van der Waals surface area contributed by atoms with Gasteiger partial charge in [0.2, 0.25) is 4.96 Å². The van der Waals surface area contributed by atoms with Crippen molar-refractivity contribution in [3.8, 4) is 0 Å². The molecule has 0 bridgehead atoms. The molecule has 0 atom stereocenters. The molecule has 0 aromatic carbocycles. The van der Waals surface area contributed by atoms with Gasteiger partial charge < -0.3 is 5.73 Å². The summed E-state index contributed by atoms with van der Waals surface area (Å²) in [6, 6.07) is 1.92. The van der Waals surface area contributed by atoms with Crippen LogP contribution in [0.2, 0.25) is 0 Å². The molecule has 0 aliphatic carbocycles. The summed E-state index contributed by atoms with van der Waals surface area (Å²) in [7, 11) is 0. The zero-order chi connectivity index (χ0) is 14.1. The largest absolute Gasteiger partial charge is 0.328 e. The van der Waals surface area contributed by atoms with Gasteiger partial charge >= 0.3 is 0 Å². The molecule has 1 aliphatic heterocycles. The van der Waals surface area contributed by atoms with Crippen molar-refractivity contribution in [1.82, 2.24) is 19.5 Å². The molecule has 0 spiro atoms. The highest BCUT2D eigenvalue weighted by Gasteiger charge is 2.17. The molecule has 0 radical (unpaired) electrons. The summed E-state index contributed by atoms with van der Waals surface area (Å²) in [5.74, 6) is 0. The first kappa shape index (κ1) is 13.7. The van der Waals surface area contributed by atoms with E-state index in [1.54, 1.807) is 6.07 Å². The molecule has 20 heavy (non-hydrogen) atoms. The molecule has 6 nitrogen and oxygen atoms in total. The van der Waals surface area contributed by atoms with Crippen LogP contribution in [0.4, 0.5) is 0 Å². The summed E-state index contributed by atoms with van der Waals surface area (Å²) in [6.45, 7) is 4.70. The summed E-state index contributed by atoms with van der Waals surface area (Å²) >= 11 is 1.49. The molecule has 2 aromatic rings. The fourth-order valence-corrected chi connectivity index (χ4v) is 3.32. The minimum absolute atomic E-state index is 0.0883. The molecular formula is C13H19N5OS. The second-order valence-corrected chi connectivity index (χ2v) is 6.28. The van der Waals surface area contributed by atoms with Gasteiger partial charge in [-0.25, -0.2) is 4.98 Å². The summed E-state index contributed by atoms with van der Waals surface area (Å²) in [5, 5.41) is 5.20. The zero-order valence-corrected chi connectivity index (χ0v) is 12.4. The normalized spacial score (nSPS) is 17.9. The van der Waals surface area contributed by atoms with Crippen LogP contribution in [0.5, 0.6) is 0 Å². The standard InChI is InChI=1S/C13H19N5OS/c1-2-11-16-18-12(19)7-10(15-13(18)20-11)8-17-5-3-9(14)4-6-17/h7,9H,2-6,8,14H2,1H3. The summed E-state index contributed by atoms with van der Waals surface area (Å²) < 4.78 is 1.40. The third-order valence-electron chi connectivity index (χ3n) is 3.66. The topological polar surface area (TPSA) is 76.5 Å². The van der Waals surface area contributed by atoms with Crippen LogP contribution >= 0.6 is 11.3 Å². The third-order valence-corrected chi connectivity index (χ3v) is 4.71. The van der Waals surface area contributed by atoms with Crippen molar-refractivity contribution in [2.75, 3.05) is 13.1 Å². The number of hydrogen-bond donors (Lipinski definition) is 1. The molecule has 0 saturated carbocycles. The maximum atomic E-state index is 12.1. The van der Waals surface area contributed by atoms with Crippen molar-refractivity contribution in [1.29, 1.82) is 0 Å². The highest BCUT2D eigenvalue weighted by Crippen LogP contribution is 2.14. The summed E-state index contributed by atoms with van der Waals surface area (Å²) in [5.41, 5.74) is 6.65. The van der Waals surface area contributed by atoms with Gasteiger partial charge in [0.05, 0.1) is 5.69 Å². The molecule has 1 fully saturated rings. The van der Waals surface area contributed by atoms with Gasteiger partial charge in [-0.05, 0) is 19.3 Å². The van der Waals surface area contributed by atoms with Crippen LogP contribution in [0.25, 0.3) is 4.96 Å². The Balaban J connectivity index is 1.83. The van der Waals surface area contributed by atoms with Crippen LogP contribution in [0.15, 0.2) is 10.9 Å². The van der Waals surface area contributed by atoms with E-state index in [-0.39, 0.29) is 5.56 Å². The van der Waals surface area contributed by atoms with Crippen LogP contribution < -0.4 is 11.3 Å². The molecular weight excluding hydrogens is 274 g/mol. The molecule has 3 rings (SSSR count). The average molecular weight is 293 g/mol. The minimum Gasteiger partial charge on any atom is -0.328 e. The molecule has 1 aliphatic rings. The second-order valence-electron chi connectivity index (χ2n) is 5.24. The van der Waals surface area contributed by atoms with Crippen LogP contribution in [-0.2, 0) is 13.0 Å². The number of likely N-dealkylation sites (tertiary alicyclic amines) is 1. The van der Waals surface area contributed by atoms with Crippen molar-refractivity contribution < 1.29 is 0 Å². The van der Waals surface area contributed by atoms with E-state index >= 15 is 0 Å². The Morgan fingerprint density at radius 2 is 2.20 bits per heavy atom. The van der Waals surface area contributed by atoms with Crippen molar-refractivity contribution in [3.63, 3.8) is 0 Å². The number of nitrogens with zero attached hydrogens (tertiary/aromatic N) is 4. The molecule has 3 heterocycles. The smallest absolute Gasteiger partial charge is 0.275 e. The van der Waals surface area contributed by atoms with Gasteiger partial charge in [-0.2, -0.15) is 9.61 Å². The average Bonchev–Trinajstić information content (AvgIpc) is 2.85. The van der Waals surface area contributed by atoms with E-state index in [1.807, 2.05) is 6.92 Å². The zero-order valence-electron chi connectivity index (χ0n) is 11.6. The van der Waals surface area contributed by atoms with E-state index in [4.69, 9.17) is 5.73 Å². The van der Waals surface area contributed by atoms with Crippen LogP contribution in [0.1, 0.15) is 30.5 Å². The Bertz CT molecular complexity index is 656. The van der Waals surface area contributed by atoms with Gasteiger partial charge in [0.25, 0.3) is 5.56 Å². The maximum absolute atomic E-state index is 12.1. The van der Waals surface area contributed by atoms with Gasteiger partial charge in [-0.1, -0.05) is 18.3 Å².